The van der Waals surface area contributed by atoms with Gasteiger partial charge in [-0.25, -0.2) is 0 Å². The van der Waals surface area contributed by atoms with Gasteiger partial charge in [0.1, 0.15) is 0 Å². The summed E-state index contributed by atoms with van der Waals surface area (Å²) < 4.78 is 0. The summed E-state index contributed by atoms with van der Waals surface area (Å²) in [6, 6.07) is 13.8. The fourth-order valence-electron chi connectivity index (χ4n) is 2.95. The highest BCUT2D eigenvalue weighted by Crippen LogP contribution is 2.18. The van der Waals surface area contributed by atoms with Gasteiger partial charge >= 0.3 is 0 Å². The van der Waals surface area contributed by atoms with E-state index in [-0.39, 0.29) is 18.4 Å². The second-order valence-electron chi connectivity index (χ2n) is 6.24. The summed E-state index contributed by atoms with van der Waals surface area (Å²) in [4.78, 5) is 19.6. The zero-order valence-electron chi connectivity index (χ0n) is 14.1. The van der Waals surface area contributed by atoms with Crippen LogP contribution in [-0.4, -0.2) is 34.1 Å². The molecule has 3 rings (SSSR count). The standard InChI is InChI=1S/C20H23N3O2/c24-14-15(11-17-5-3-4-10-21-17)12-23-20(25)9-8-16-13-22-19-7-2-1-6-18(16)19/h1-7,10,13,15,22,24H,8-9,11-12,14H2,(H,23,25). The van der Waals surface area contributed by atoms with Crippen molar-refractivity contribution in [3.05, 3.63) is 66.1 Å². The van der Waals surface area contributed by atoms with Crippen molar-refractivity contribution >= 4 is 16.8 Å². The Morgan fingerprint density at radius 3 is 2.84 bits per heavy atom. The first-order valence-electron chi connectivity index (χ1n) is 8.58. The summed E-state index contributed by atoms with van der Waals surface area (Å²) in [6.45, 7) is 0.485. The number of para-hydroxylation sites is 1. The van der Waals surface area contributed by atoms with Crippen LogP contribution in [0.15, 0.2) is 54.9 Å². The summed E-state index contributed by atoms with van der Waals surface area (Å²) in [7, 11) is 0. The van der Waals surface area contributed by atoms with Crippen molar-refractivity contribution in [1.29, 1.82) is 0 Å². The van der Waals surface area contributed by atoms with E-state index in [1.165, 1.54) is 5.39 Å². The van der Waals surface area contributed by atoms with Gasteiger partial charge in [0, 0.05) is 54.5 Å². The molecule has 5 heteroatoms. The predicted molar refractivity (Wildman–Crippen MR) is 98.1 cm³/mol. The number of hydrogen-bond acceptors (Lipinski definition) is 3. The van der Waals surface area contributed by atoms with Gasteiger partial charge in [-0.1, -0.05) is 24.3 Å². The molecule has 5 nitrogen and oxygen atoms in total. The number of H-pyrrole nitrogens is 1. The Kier molecular flexibility index (Phi) is 5.80. The van der Waals surface area contributed by atoms with Crippen molar-refractivity contribution in [2.75, 3.05) is 13.2 Å². The van der Waals surface area contributed by atoms with Crippen LogP contribution in [0.1, 0.15) is 17.7 Å². The molecule has 0 radical (unpaired) electrons. The molecule has 2 heterocycles. The van der Waals surface area contributed by atoms with E-state index in [0.29, 0.717) is 25.8 Å². The van der Waals surface area contributed by atoms with Gasteiger partial charge in [-0.15, -0.1) is 0 Å². The van der Waals surface area contributed by atoms with Crippen LogP contribution in [0.5, 0.6) is 0 Å². The minimum absolute atomic E-state index is 0.00440. The molecule has 3 N–H and O–H groups in total. The molecule has 1 unspecified atom stereocenters. The number of aliphatic hydroxyl groups is 1. The van der Waals surface area contributed by atoms with E-state index in [9.17, 15) is 9.90 Å². The average molecular weight is 337 g/mol. The summed E-state index contributed by atoms with van der Waals surface area (Å²) in [5.74, 6) is -0.0170. The lowest BCUT2D eigenvalue weighted by Gasteiger charge is -2.14. The lowest BCUT2D eigenvalue weighted by molar-refractivity contribution is -0.121. The van der Waals surface area contributed by atoms with Crippen molar-refractivity contribution in [1.82, 2.24) is 15.3 Å². The molecule has 0 fully saturated rings. The molecule has 0 aliphatic heterocycles. The second kappa shape index (κ2) is 8.44. The molecule has 0 bridgehead atoms. The first kappa shape index (κ1) is 17.2. The number of nitrogens with zero attached hydrogens (tertiary/aromatic N) is 1. The van der Waals surface area contributed by atoms with Crippen LogP contribution in [-0.2, 0) is 17.6 Å². The number of carbonyl (C=O) groups excluding carboxylic acids is 1. The lowest BCUT2D eigenvalue weighted by atomic mass is 10.0. The molecule has 3 aromatic rings. The van der Waals surface area contributed by atoms with Gasteiger partial charge in [0.05, 0.1) is 0 Å². The molecule has 1 amide bonds. The molecule has 1 atom stereocenters. The van der Waals surface area contributed by atoms with Crippen LogP contribution in [0, 0.1) is 5.92 Å². The van der Waals surface area contributed by atoms with Crippen LogP contribution in [0.2, 0.25) is 0 Å². The summed E-state index contributed by atoms with van der Waals surface area (Å²) >= 11 is 0. The fourth-order valence-corrected chi connectivity index (χ4v) is 2.95. The summed E-state index contributed by atoms with van der Waals surface area (Å²) in [5.41, 5.74) is 3.17. The number of pyridine rings is 1. The third-order valence-electron chi connectivity index (χ3n) is 4.37. The Morgan fingerprint density at radius 2 is 2.04 bits per heavy atom. The fraction of sp³-hybridized carbons (Fsp3) is 0.300. The number of hydrogen-bond donors (Lipinski definition) is 3. The summed E-state index contributed by atoms with van der Waals surface area (Å²) in [5, 5.41) is 13.6. The highest BCUT2D eigenvalue weighted by molar-refractivity contribution is 5.84. The molecule has 25 heavy (non-hydrogen) atoms. The van der Waals surface area contributed by atoms with Gasteiger partial charge in [-0.2, -0.15) is 0 Å². The molecule has 0 saturated heterocycles. The molecule has 0 aliphatic rings. The maximum absolute atomic E-state index is 12.1. The first-order chi connectivity index (χ1) is 12.3. The van der Waals surface area contributed by atoms with Gasteiger partial charge < -0.3 is 15.4 Å². The van der Waals surface area contributed by atoms with E-state index in [4.69, 9.17) is 0 Å². The second-order valence-corrected chi connectivity index (χ2v) is 6.24. The number of nitrogens with one attached hydrogen (secondary N) is 2. The topological polar surface area (TPSA) is 78.0 Å². The van der Waals surface area contributed by atoms with Gasteiger partial charge in [0.2, 0.25) is 5.91 Å². The lowest BCUT2D eigenvalue weighted by Crippen LogP contribution is -2.32. The van der Waals surface area contributed by atoms with Crippen molar-refractivity contribution < 1.29 is 9.90 Å². The highest BCUT2D eigenvalue weighted by Gasteiger charge is 2.12. The average Bonchev–Trinajstić information content (AvgIpc) is 3.07. The Bertz CT molecular complexity index is 814. The number of rotatable bonds is 8. The van der Waals surface area contributed by atoms with Gasteiger partial charge in [-0.05, 0) is 36.6 Å². The van der Waals surface area contributed by atoms with Crippen LogP contribution in [0.25, 0.3) is 10.9 Å². The minimum atomic E-state index is -0.0214. The van der Waals surface area contributed by atoms with E-state index in [1.807, 2.05) is 42.6 Å². The smallest absolute Gasteiger partial charge is 0.220 e. The molecule has 0 saturated carbocycles. The molecule has 2 aromatic heterocycles. The Balaban J connectivity index is 1.47. The monoisotopic (exact) mass is 337 g/mol. The Labute approximate surface area is 147 Å². The molecule has 130 valence electrons. The van der Waals surface area contributed by atoms with Crippen molar-refractivity contribution in [2.45, 2.75) is 19.3 Å². The number of aryl methyl sites for hydroxylation is 1. The number of aliphatic hydroxyl groups excluding tert-OH is 1. The van der Waals surface area contributed by atoms with Crippen molar-refractivity contribution in [3.63, 3.8) is 0 Å². The van der Waals surface area contributed by atoms with Crippen LogP contribution in [0.3, 0.4) is 0 Å². The van der Waals surface area contributed by atoms with Gasteiger partial charge in [0.15, 0.2) is 0 Å². The molecule has 1 aromatic carbocycles. The van der Waals surface area contributed by atoms with Crippen molar-refractivity contribution in [3.8, 4) is 0 Å². The predicted octanol–water partition coefficient (Wildman–Crippen LogP) is 2.46. The van der Waals surface area contributed by atoms with Crippen LogP contribution in [0.4, 0.5) is 0 Å². The zero-order valence-corrected chi connectivity index (χ0v) is 14.1. The van der Waals surface area contributed by atoms with E-state index in [2.05, 4.69) is 21.4 Å². The number of aromatic nitrogens is 2. The van der Waals surface area contributed by atoms with Crippen LogP contribution < -0.4 is 5.32 Å². The number of aromatic amines is 1. The number of fused-ring (bicyclic) bond motifs is 1. The van der Waals surface area contributed by atoms with E-state index in [0.717, 1.165) is 16.8 Å². The van der Waals surface area contributed by atoms with Gasteiger partial charge in [-0.3, -0.25) is 9.78 Å². The normalized spacial score (nSPS) is 12.2. The third kappa shape index (κ3) is 4.67. The third-order valence-corrected chi connectivity index (χ3v) is 4.37. The summed E-state index contributed by atoms with van der Waals surface area (Å²) in [6.07, 6.45) is 5.49. The largest absolute Gasteiger partial charge is 0.396 e. The maximum Gasteiger partial charge on any atom is 0.220 e. The first-order valence-corrected chi connectivity index (χ1v) is 8.58. The Hall–Kier alpha value is -2.66. The molecular weight excluding hydrogens is 314 g/mol. The van der Waals surface area contributed by atoms with E-state index < -0.39 is 0 Å². The zero-order chi connectivity index (χ0) is 17.5. The van der Waals surface area contributed by atoms with E-state index >= 15 is 0 Å². The SMILES string of the molecule is O=C(CCc1c[nH]c2ccccc12)NCC(CO)Cc1ccccn1. The van der Waals surface area contributed by atoms with Gasteiger partial charge in [0.25, 0.3) is 0 Å². The quantitative estimate of drug-likeness (QED) is 0.591. The van der Waals surface area contributed by atoms with Crippen molar-refractivity contribution in [2.24, 2.45) is 5.92 Å². The number of benzene rings is 1. The molecular formula is C20H23N3O2. The number of carbonyl (C=O) groups is 1. The number of amides is 1. The van der Waals surface area contributed by atoms with E-state index in [1.54, 1.807) is 6.20 Å². The minimum Gasteiger partial charge on any atom is -0.396 e. The molecule has 0 spiro atoms. The Morgan fingerprint density at radius 1 is 1.20 bits per heavy atom. The highest BCUT2D eigenvalue weighted by atomic mass is 16.3. The maximum atomic E-state index is 12.1. The van der Waals surface area contributed by atoms with Crippen LogP contribution >= 0.6 is 0 Å². The molecule has 0 aliphatic carbocycles.